The molecule has 82 valence electrons. The van der Waals surface area contributed by atoms with Crippen LogP contribution in [-0.2, 0) is 0 Å². The largest absolute Gasteiger partial charge is 0.359 e. The lowest BCUT2D eigenvalue weighted by molar-refractivity contribution is 0.429. The van der Waals surface area contributed by atoms with Crippen molar-refractivity contribution in [2.24, 2.45) is 16.8 Å². The van der Waals surface area contributed by atoms with Gasteiger partial charge in [-0.25, -0.2) is 0 Å². The molecule has 2 nitrogen and oxygen atoms in total. The molecular weight excluding hydrogens is 192 g/mol. The van der Waals surface area contributed by atoms with E-state index in [0.717, 1.165) is 23.4 Å². The van der Waals surface area contributed by atoms with Crippen molar-refractivity contribution in [2.45, 2.75) is 40.2 Å². The Labute approximate surface area is 92.0 Å². The molecule has 0 aromatic carbocycles. The van der Waals surface area contributed by atoms with Crippen molar-refractivity contribution in [1.29, 1.82) is 0 Å². The van der Waals surface area contributed by atoms with Crippen LogP contribution in [0.2, 0.25) is 0 Å². The SMILES string of the molecule is CC(C)C(C)CN=C1NC(C)(C)CS1. The van der Waals surface area contributed by atoms with E-state index in [4.69, 9.17) is 0 Å². The fourth-order valence-corrected chi connectivity index (χ4v) is 2.22. The van der Waals surface area contributed by atoms with Gasteiger partial charge in [-0.3, -0.25) is 4.99 Å². The van der Waals surface area contributed by atoms with Crippen molar-refractivity contribution in [3.8, 4) is 0 Å². The van der Waals surface area contributed by atoms with Gasteiger partial charge in [-0.1, -0.05) is 32.5 Å². The molecule has 0 saturated carbocycles. The van der Waals surface area contributed by atoms with Gasteiger partial charge < -0.3 is 5.32 Å². The summed E-state index contributed by atoms with van der Waals surface area (Å²) in [5.74, 6) is 2.52. The molecule has 0 bridgehead atoms. The van der Waals surface area contributed by atoms with Gasteiger partial charge in [0.2, 0.25) is 0 Å². The van der Waals surface area contributed by atoms with E-state index in [-0.39, 0.29) is 5.54 Å². The molecule has 14 heavy (non-hydrogen) atoms. The summed E-state index contributed by atoms with van der Waals surface area (Å²) in [7, 11) is 0. The Bertz CT molecular complexity index is 221. The minimum atomic E-state index is 0.227. The fourth-order valence-electron chi connectivity index (χ4n) is 1.13. The smallest absolute Gasteiger partial charge is 0.157 e. The third kappa shape index (κ3) is 3.52. The Morgan fingerprint density at radius 2 is 2.07 bits per heavy atom. The molecule has 1 unspecified atom stereocenters. The van der Waals surface area contributed by atoms with Gasteiger partial charge in [-0.05, 0) is 25.7 Å². The third-order valence-electron chi connectivity index (χ3n) is 2.68. The highest BCUT2D eigenvalue weighted by Gasteiger charge is 2.27. The van der Waals surface area contributed by atoms with Crippen LogP contribution < -0.4 is 5.32 Å². The van der Waals surface area contributed by atoms with Gasteiger partial charge >= 0.3 is 0 Å². The molecule has 0 aliphatic carbocycles. The first-order valence-corrected chi connectivity index (χ1v) is 6.35. The first-order valence-electron chi connectivity index (χ1n) is 5.36. The lowest BCUT2D eigenvalue weighted by Gasteiger charge is -2.16. The predicted molar refractivity (Wildman–Crippen MR) is 66.0 cm³/mol. The van der Waals surface area contributed by atoms with E-state index in [1.165, 1.54) is 0 Å². The molecule has 1 N–H and O–H groups in total. The molecular formula is C11H22N2S. The lowest BCUT2D eigenvalue weighted by Crippen LogP contribution is -2.37. The van der Waals surface area contributed by atoms with Crippen LogP contribution in [0.15, 0.2) is 4.99 Å². The van der Waals surface area contributed by atoms with E-state index in [9.17, 15) is 0 Å². The number of aliphatic imine (C=N–C) groups is 1. The highest BCUT2D eigenvalue weighted by Crippen LogP contribution is 2.22. The molecule has 0 aromatic heterocycles. The van der Waals surface area contributed by atoms with E-state index < -0.39 is 0 Å². The third-order valence-corrected chi connectivity index (χ3v) is 4.05. The Hall–Kier alpha value is -0.180. The van der Waals surface area contributed by atoms with Crippen LogP contribution >= 0.6 is 11.8 Å². The Kier molecular flexibility index (Phi) is 3.87. The number of nitrogens with one attached hydrogen (secondary N) is 1. The quantitative estimate of drug-likeness (QED) is 0.781. The van der Waals surface area contributed by atoms with E-state index in [2.05, 4.69) is 44.9 Å². The van der Waals surface area contributed by atoms with Crippen molar-refractivity contribution in [2.75, 3.05) is 12.3 Å². The monoisotopic (exact) mass is 214 g/mol. The standard InChI is InChI=1S/C11H22N2S/c1-8(2)9(3)6-12-10-13-11(4,5)7-14-10/h8-9H,6-7H2,1-5H3,(H,12,13). The van der Waals surface area contributed by atoms with Crippen molar-refractivity contribution in [3.05, 3.63) is 0 Å². The lowest BCUT2D eigenvalue weighted by atomic mass is 9.99. The van der Waals surface area contributed by atoms with Crippen LogP contribution in [0.1, 0.15) is 34.6 Å². The predicted octanol–water partition coefficient (Wildman–Crippen LogP) is 2.75. The van der Waals surface area contributed by atoms with E-state index in [0.29, 0.717) is 5.92 Å². The maximum Gasteiger partial charge on any atom is 0.157 e. The number of rotatable bonds is 3. The number of amidine groups is 1. The number of hydrogen-bond acceptors (Lipinski definition) is 2. The first kappa shape index (κ1) is 11.9. The molecule has 1 saturated heterocycles. The molecule has 1 fully saturated rings. The maximum absolute atomic E-state index is 4.61. The van der Waals surface area contributed by atoms with Crippen molar-refractivity contribution >= 4 is 16.9 Å². The Balaban J connectivity index is 2.40. The Morgan fingerprint density at radius 3 is 2.50 bits per heavy atom. The van der Waals surface area contributed by atoms with Gasteiger partial charge in [0.25, 0.3) is 0 Å². The van der Waals surface area contributed by atoms with Gasteiger partial charge in [0.15, 0.2) is 5.17 Å². The number of hydrogen-bond donors (Lipinski definition) is 1. The van der Waals surface area contributed by atoms with Crippen LogP contribution in [0.5, 0.6) is 0 Å². The van der Waals surface area contributed by atoms with Crippen LogP contribution in [0.3, 0.4) is 0 Å². The van der Waals surface area contributed by atoms with Gasteiger partial charge in [0.05, 0.1) is 0 Å². The van der Waals surface area contributed by atoms with Crippen LogP contribution in [0.4, 0.5) is 0 Å². The molecule has 1 atom stereocenters. The van der Waals surface area contributed by atoms with Gasteiger partial charge in [-0.15, -0.1) is 0 Å². The number of nitrogens with zero attached hydrogens (tertiary/aromatic N) is 1. The van der Waals surface area contributed by atoms with Crippen molar-refractivity contribution in [3.63, 3.8) is 0 Å². The van der Waals surface area contributed by atoms with E-state index in [1.807, 2.05) is 11.8 Å². The van der Waals surface area contributed by atoms with E-state index >= 15 is 0 Å². The fraction of sp³-hybridized carbons (Fsp3) is 0.909. The molecule has 0 amide bonds. The summed E-state index contributed by atoms with van der Waals surface area (Å²) in [6.07, 6.45) is 0. The summed E-state index contributed by atoms with van der Waals surface area (Å²) in [6, 6.07) is 0. The summed E-state index contributed by atoms with van der Waals surface area (Å²) in [5.41, 5.74) is 0.227. The second kappa shape index (κ2) is 4.56. The highest BCUT2D eigenvalue weighted by molar-refractivity contribution is 8.14. The van der Waals surface area contributed by atoms with Crippen molar-refractivity contribution in [1.82, 2.24) is 5.32 Å². The summed E-state index contributed by atoms with van der Waals surface area (Å²) >= 11 is 1.84. The Morgan fingerprint density at radius 1 is 1.43 bits per heavy atom. The van der Waals surface area contributed by atoms with Gasteiger partial charge in [0, 0.05) is 17.8 Å². The zero-order valence-corrected chi connectivity index (χ0v) is 10.7. The second-order valence-corrected chi connectivity index (χ2v) is 6.13. The molecule has 1 rings (SSSR count). The minimum Gasteiger partial charge on any atom is -0.359 e. The van der Waals surface area contributed by atoms with Crippen LogP contribution in [-0.4, -0.2) is 23.0 Å². The zero-order valence-electron chi connectivity index (χ0n) is 9.92. The first-order chi connectivity index (χ1) is 6.41. The van der Waals surface area contributed by atoms with Crippen LogP contribution in [0.25, 0.3) is 0 Å². The molecule has 0 radical (unpaired) electrons. The van der Waals surface area contributed by atoms with E-state index in [1.54, 1.807) is 0 Å². The molecule has 1 heterocycles. The normalized spacial score (nSPS) is 25.4. The van der Waals surface area contributed by atoms with Crippen LogP contribution in [0, 0.1) is 11.8 Å². The molecule has 0 spiro atoms. The summed E-state index contributed by atoms with van der Waals surface area (Å²) in [5, 5.41) is 4.56. The average Bonchev–Trinajstić information content (AvgIpc) is 2.41. The number of thioether (sulfide) groups is 1. The zero-order chi connectivity index (χ0) is 10.8. The topological polar surface area (TPSA) is 24.4 Å². The molecule has 3 heteroatoms. The van der Waals surface area contributed by atoms with Gasteiger partial charge in [0.1, 0.15) is 0 Å². The maximum atomic E-state index is 4.61. The second-order valence-electron chi connectivity index (χ2n) is 5.16. The highest BCUT2D eigenvalue weighted by atomic mass is 32.2. The van der Waals surface area contributed by atoms with Gasteiger partial charge in [-0.2, -0.15) is 0 Å². The molecule has 1 aliphatic rings. The summed E-state index contributed by atoms with van der Waals surface area (Å²) in [6.45, 7) is 12.2. The molecule has 1 aliphatic heterocycles. The molecule has 0 aromatic rings. The summed E-state index contributed by atoms with van der Waals surface area (Å²) in [4.78, 5) is 4.61. The van der Waals surface area contributed by atoms with Crippen molar-refractivity contribution < 1.29 is 0 Å². The summed E-state index contributed by atoms with van der Waals surface area (Å²) < 4.78 is 0. The average molecular weight is 214 g/mol. The minimum absolute atomic E-state index is 0.227.